The van der Waals surface area contributed by atoms with Gasteiger partial charge < -0.3 is 9.47 Å². The third kappa shape index (κ3) is 4.97. The lowest BCUT2D eigenvalue weighted by molar-refractivity contribution is 0.313. The van der Waals surface area contributed by atoms with Crippen LogP contribution in [0.25, 0.3) is 0 Å². The number of aryl methyl sites for hydroxylation is 1. The van der Waals surface area contributed by atoms with Gasteiger partial charge >= 0.3 is 0 Å². The first-order valence-corrected chi connectivity index (χ1v) is 8.92. The van der Waals surface area contributed by atoms with Gasteiger partial charge in [-0.1, -0.05) is 24.3 Å². The van der Waals surface area contributed by atoms with Crippen LogP contribution < -0.4 is 14.2 Å². The highest BCUT2D eigenvalue weighted by molar-refractivity contribution is 7.89. The van der Waals surface area contributed by atoms with Gasteiger partial charge in [-0.15, -0.1) is 0 Å². The fourth-order valence-electron chi connectivity index (χ4n) is 2.10. The van der Waals surface area contributed by atoms with E-state index in [9.17, 15) is 8.42 Å². The van der Waals surface area contributed by atoms with Gasteiger partial charge in [-0.2, -0.15) is 0 Å². The molecule has 0 heterocycles. The zero-order valence-corrected chi connectivity index (χ0v) is 14.1. The van der Waals surface area contributed by atoms with Gasteiger partial charge in [0, 0.05) is 12.6 Å². The summed E-state index contributed by atoms with van der Waals surface area (Å²) in [5, 5.41) is 0. The first-order valence-electron chi connectivity index (χ1n) is 7.44. The van der Waals surface area contributed by atoms with E-state index < -0.39 is 10.0 Å². The molecule has 0 saturated heterocycles. The summed E-state index contributed by atoms with van der Waals surface area (Å²) in [5.41, 5.74) is 0.713. The maximum atomic E-state index is 12.2. The van der Waals surface area contributed by atoms with Crippen molar-refractivity contribution in [2.75, 3.05) is 19.8 Å². The molecule has 1 N–H and O–H groups in total. The van der Waals surface area contributed by atoms with E-state index in [0.717, 1.165) is 5.75 Å². The third-order valence-corrected chi connectivity index (χ3v) is 4.78. The molecule has 0 saturated carbocycles. The minimum atomic E-state index is -3.52. The molecule has 0 atom stereocenters. The number of benzene rings is 2. The van der Waals surface area contributed by atoms with Crippen LogP contribution in [0.15, 0.2) is 53.4 Å². The Labute approximate surface area is 137 Å². The molecular formula is C17H21NO4S. The number of sulfonamides is 1. The molecule has 0 radical (unpaired) electrons. The van der Waals surface area contributed by atoms with Crippen molar-refractivity contribution in [3.8, 4) is 11.5 Å². The predicted octanol–water partition coefficient (Wildman–Crippen LogP) is 2.75. The quantitative estimate of drug-likeness (QED) is 0.754. The predicted molar refractivity (Wildman–Crippen MR) is 89.5 cm³/mol. The van der Waals surface area contributed by atoms with Crippen molar-refractivity contribution in [3.05, 3.63) is 54.1 Å². The van der Waals surface area contributed by atoms with Gasteiger partial charge in [0.15, 0.2) is 0 Å². The van der Waals surface area contributed by atoms with Gasteiger partial charge in [0.05, 0.1) is 11.5 Å². The number of nitrogens with one attached hydrogen (secondary N) is 1. The van der Waals surface area contributed by atoms with Crippen LogP contribution in [0.1, 0.15) is 12.5 Å². The smallest absolute Gasteiger partial charge is 0.240 e. The number of rotatable bonds is 8. The highest BCUT2D eigenvalue weighted by Crippen LogP contribution is 2.19. The number of hydrogen-bond acceptors (Lipinski definition) is 4. The molecule has 0 aromatic heterocycles. The van der Waals surface area contributed by atoms with Gasteiger partial charge in [-0.3, -0.25) is 0 Å². The maximum Gasteiger partial charge on any atom is 0.240 e. The van der Waals surface area contributed by atoms with Gasteiger partial charge in [0.1, 0.15) is 18.1 Å². The molecule has 0 fully saturated rings. The van der Waals surface area contributed by atoms with Crippen molar-refractivity contribution >= 4 is 10.0 Å². The highest BCUT2D eigenvalue weighted by Gasteiger charge is 2.15. The lowest BCUT2D eigenvalue weighted by atomic mass is 10.2. The molecule has 0 unspecified atom stereocenters. The van der Waals surface area contributed by atoms with Gasteiger partial charge in [0.25, 0.3) is 0 Å². The Balaban J connectivity index is 1.88. The fraction of sp³-hybridized carbons (Fsp3) is 0.294. The summed E-state index contributed by atoms with van der Waals surface area (Å²) in [6, 6.07) is 14.1. The standard InChI is InChI=1S/C17H21NO4S/c1-3-21-15-8-6-9-16(13-15)22-12-11-18-23(19,20)17-10-5-4-7-14(17)2/h4-10,13,18H,3,11-12H2,1-2H3. The Morgan fingerprint density at radius 1 is 1.00 bits per heavy atom. The molecule has 0 aliphatic carbocycles. The molecule has 0 amide bonds. The van der Waals surface area contributed by atoms with Crippen molar-refractivity contribution in [1.82, 2.24) is 4.72 Å². The highest BCUT2D eigenvalue weighted by atomic mass is 32.2. The van der Waals surface area contributed by atoms with Crippen molar-refractivity contribution in [2.24, 2.45) is 0 Å². The van der Waals surface area contributed by atoms with Crippen LogP contribution in [0.2, 0.25) is 0 Å². The van der Waals surface area contributed by atoms with Gasteiger partial charge in [-0.05, 0) is 37.6 Å². The minimum Gasteiger partial charge on any atom is -0.494 e. The number of ether oxygens (including phenoxy) is 2. The summed E-state index contributed by atoms with van der Waals surface area (Å²) in [4.78, 5) is 0.290. The second-order valence-electron chi connectivity index (χ2n) is 4.92. The Bertz CT molecular complexity index is 744. The lowest BCUT2D eigenvalue weighted by Crippen LogP contribution is -2.28. The van der Waals surface area contributed by atoms with Crippen LogP contribution in [-0.4, -0.2) is 28.2 Å². The van der Waals surface area contributed by atoms with E-state index in [2.05, 4.69) is 4.72 Å². The van der Waals surface area contributed by atoms with Crippen LogP contribution in [0.3, 0.4) is 0 Å². The monoisotopic (exact) mass is 335 g/mol. The molecule has 2 aromatic rings. The molecule has 5 nitrogen and oxygen atoms in total. The molecule has 6 heteroatoms. The molecule has 23 heavy (non-hydrogen) atoms. The summed E-state index contributed by atoms with van der Waals surface area (Å²) in [7, 11) is -3.52. The Morgan fingerprint density at radius 2 is 1.70 bits per heavy atom. The van der Waals surface area contributed by atoms with E-state index >= 15 is 0 Å². The van der Waals surface area contributed by atoms with E-state index in [4.69, 9.17) is 9.47 Å². The third-order valence-electron chi connectivity index (χ3n) is 3.16. The SMILES string of the molecule is CCOc1cccc(OCCNS(=O)(=O)c2ccccc2C)c1. The largest absolute Gasteiger partial charge is 0.494 e. The molecule has 2 rings (SSSR count). The second-order valence-corrected chi connectivity index (χ2v) is 6.65. The molecule has 124 valence electrons. The topological polar surface area (TPSA) is 64.6 Å². The normalized spacial score (nSPS) is 11.2. The molecule has 2 aromatic carbocycles. The second kappa shape index (κ2) is 7.99. The average molecular weight is 335 g/mol. The van der Waals surface area contributed by atoms with E-state index in [1.165, 1.54) is 0 Å². The van der Waals surface area contributed by atoms with Gasteiger partial charge in [0.2, 0.25) is 10.0 Å². The summed E-state index contributed by atoms with van der Waals surface area (Å²) < 4.78 is 37.9. The lowest BCUT2D eigenvalue weighted by Gasteiger charge is -2.11. The van der Waals surface area contributed by atoms with E-state index in [0.29, 0.717) is 22.8 Å². The molecular weight excluding hydrogens is 314 g/mol. The first-order chi connectivity index (χ1) is 11.0. The zero-order valence-electron chi connectivity index (χ0n) is 13.3. The number of hydrogen-bond donors (Lipinski definition) is 1. The Hall–Kier alpha value is -2.05. The van der Waals surface area contributed by atoms with E-state index in [-0.39, 0.29) is 13.2 Å². The molecule has 0 aliphatic rings. The van der Waals surface area contributed by atoms with E-state index in [1.807, 2.05) is 25.1 Å². The van der Waals surface area contributed by atoms with Crippen molar-refractivity contribution in [3.63, 3.8) is 0 Å². The summed E-state index contributed by atoms with van der Waals surface area (Å²) >= 11 is 0. The van der Waals surface area contributed by atoms with Crippen molar-refractivity contribution < 1.29 is 17.9 Å². The van der Waals surface area contributed by atoms with Crippen molar-refractivity contribution in [2.45, 2.75) is 18.7 Å². The van der Waals surface area contributed by atoms with E-state index in [1.54, 1.807) is 37.3 Å². The van der Waals surface area contributed by atoms with Crippen LogP contribution in [-0.2, 0) is 10.0 Å². The van der Waals surface area contributed by atoms with Crippen LogP contribution in [0, 0.1) is 6.92 Å². The van der Waals surface area contributed by atoms with Crippen LogP contribution in [0.5, 0.6) is 11.5 Å². The Morgan fingerprint density at radius 3 is 2.39 bits per heavy atom. The van der Waals surface area contributed by atoms with Crippen molar-refractivity contribution in [1.29, 1.82) is 0 Å². The van der Waals surface area contributed by atoms with Crippen LogP contribution in [0.4, 0.5) is 0 Å². The van der Waals surface area contributed by atoms with Crippen LogP contribution >= 0.6 is 0 Å². The summed E-state index contributed by atoms with van der Waals surface area (Å²) in [6.07, 6.45) is 0. The summed E-state index contributed by atoms with van der Waals surface area (Å²) in [6.45, 7) is 4.69. The zero-order chi connectivity index (χ0) is 16.7. The summed E-state index contributed by atoms with van der Waals surface area (Å²) in [5.74, 6) is 1.37. The molecule has 0 spiro atoms. The minimum absolute atomic E-state index is 0.190. The Kier molecular flexibility index (Phi) is 6.01. The molecule has 0 aliphatic heterocycles. The van der Waals surface area contributed by atoms with Gasteiger partial charge in [-0.25, -0.2) is 13.1 Å². The maximum absolute atomic E-state index is 12.2. The fourth-order valence-corrected chi connectivity index (χ4v) is 3.36. The average Bonchev–Trinajstić information content (AvgIpc) is 2.53. The molecule has 0 bridgehead atoms. The first kappa shape index (κ1) is 17.3.